The molecule has 3 rings (SSSR count). The third-order valence-electron chi connectivity index (χ3n) is 5.87. The van der Waals surface area contributed by atoms with Crippen LogP contribution in [0.25, 0.3) is 0 Å². The van der Waals surface area contributed by atoms with E-state index in [1.165, 1.54) is 28.6 Å². The van der Waals surface area contributed by atoms with Gasteiger partial charge in [-0.1, -0.05) is 19.1 Å². The summed E-state index contributed by atoms with van der Waals surface area (Å²) in [5.41, 5.74) is 2.19. The highest BCUT2D eigenvalue weighted by Gasteiger charge is 2.30. The summed E-state index contributed by atoms with van der Waals surface area (Å²) < 4.78 is 27.1. The molecule has 0 saturated carbocycles. The van der Waals surface area contributed by atoms with Gasteiger partial charge in [-0.15, -0.1) is 0 Å². The highest BCUT2D eigenvalue weighted by Crippen LogP contribution is 2.19. The molecule has 2 aromatic rings. The molecule has 0 N–H and O–H groups in total. The molecule has 1 aliphatic heterocycles. The molecule has 0 unspecified atom stereocenters. The number of benzene rings is 2. The molecule has 32 heavy (non-hydrogen) atoms. The number of hydrogen-bond acceptors (Lipinski definition) is 5. The molecule has 0 radical (unpaired) electrons. The first-order chi connectivity index (χ1) is 15.3. The lowest BCUT2D eigenvalue weighted by Crippen LogP contribution is -2.50. The van der Waals surface area contributed by atoms with E-state index in [2.05, 4.69) is 25.7 Å². The normalized spacial score (nSPS) is 15.2. The quantitative estimate of drug-likeness (QED) is 0.642. The van der Waals surface area contributed by atoms with Crippen molar-refractivity contribution in [3.8, 4) is 6.07 Å². The molecule has 0 aliphatic carbocycles. The summed E-state index contributed by atoms with van der Waals surface area (Å²) in [5, 5.41) is 8.89. The molecular formula is C24H30N4O3S. The lowest BCUT2D eigenvalue weighted by molar-refractivity contribution is 0.0698. The van der Waals surface area contributed by atoms with Crippen LogP contribution >= 0.6 is 0 Å². The van der Waals surface area contributed by atoms with Gasteiger partial charge in [-0.25, -0.2) is 8.42 Å². The van der Waals surface area contributed by atoms with E-state index in [9.17, 15) is 13.2 Å². The second-order valence-corrected chi connectivity index (χ2v) is 10.1. The van der Waals surface area contributed by atoms with Crippen molar-refractivity contribution < 1.29 is 13.2 Å². The van der Waals surface area contributed by atoms with E-state index >= 15 is 0 Å². The van der Waals surface area contributed by atoms with E-state index in [1.54, 1.807) is 4.90 Å². The molecule has 7 nitrogen and oxygen atoms in total. The summed E-state index contributed by atoms with van der Waals surface area (Å²) in [5.74, 6) is -0.0804. The summed E-state index contributed by atoms with van der Waals surface area (Å²) in [6.45, 7) is 9.45. The second-order valence-electron chi connectivity index (χ2n) is 8.19. The van der Waals surface area contributed by atoms with E-state index < -0.39 is 10.0 Å². The molecular weight excluding hydrogens is 424 g/mol. The molecule has 0 bridgehead atoms. The fraction of sp³-hybridized carbons (Fsp3) is 0.417. The predicted molar refractivity (Wildman–Crippen MR) is 123 cm³/mol. The van der Waals surface area contributed by atoms with Crippen LogP contribution in [0.1, 0.15) is 42.3 Å². The highest BCUT2D eigenvalue weighted by molar-refractivity contribution is 7.89. The third-order valence-corrected chi connectivity index (χ3v) is 7.78. The SMILES string of the molecule is CCN(Cc1ccc(C(=O)N2CCN(S(=O)(=O)c3ccc(C#N)cc3)CC2)cc1)C(C)C. The Bertz CT molecular complexity index is 1070. The van der Waals surface area contributed by atoms with Gasteiger partial charge < -0.3 is 4.90 Å². The zero-order valence-corrected chi connectivity index (χ0v) is 19.7. The number of piperazine rings is 1. The summed E-state index contributed by atoms with van der Waals surface area (Å²) in [6.07, 6.45) is 0. The molecule has 1 heterocycles. The number of amides is 1. The predicted octanol–water partition coefficient (Wildman–Crippen LogP) is 2.94. The van der Waals surface area contributed by atoms with Gasteiger partial charge >= 0.3 is 0 Å². The number of nitrogens with zero attached hydrogens (tertiary/aromatic N) is 4. The van der Waals surface area contributed by atoms with Crippen LogP contribution in [0.4, 0.5) is 0 Å². The standard InChI is InChI=1S/C24H30N4O3S/c1-4-26(19(2)3)18-21-5-9-22(10-6-21)24(29)27-13-15-28(16-14-27)32(30,31)23-11-7-20(17-25)8-12-23/h5-12,19H,4,13-16,18H2,1-3H3. The van der Waals surface area contributed by atoms with E-state index in [0.717, 1.165) is 18.7 Å². The van der Waals surface area contributed by atoms with Crippen molar-refractivity contribution in [2.24, 2.45) is 0 Å². The van der Waals surface area contributed by atoms with Crippen molar-refractivity contribution in [2.75, 3.05) is 32.7 Å². The van der Waals surface area contributed by atoms with Crippen molar-refractivity contribution in [1.82, 2.24) is 14.1 Å². The van der Waals surface area contributed by atoms with Gasteiger partial charge in [0.05, 0.1) is 16.5 Å². The lowest BCUT2D eigenvalue weighted by Gasteiger charge is -2.34. The van der Waals surface area contributed by atoms with Crippen LogP contribution < -0.4 is 0 Å². The average Bonchev–Trinajstić information content (AvgIpc) is 2.82. The average molecular weight is 455 g/mol. The fourth-order valence-electron chi connectivity index (χ4n) is 3.81. The Kier molecular flexibility index (Phi) is 7.67. The van der Waals surface area contributed by atoms with Crippen molar-refractivity contribution in [2.45, 2.75) is 38.3 Å². The van der Waals surface area contributed by atoms with Crippen LogP contribution in [0, 0.1) is 11.3 Å². The lowest BCUT2D eigenvalue weighted by atomic mass is 10.1. The van der Waals surface area contributed by atoms with Crippen molar-refractivity contribution in [3.63, 3.8) is 0 Å². The van der Waals surface area contributed by atoms with Crippen molar-refractivity contribution in [1.29, 1.82) is 5.26 Å². The Morgan fingerprint density at radius 3 is 2.12 bits per heavy atom. The maximum Gasteiger partial charge on any atom is 0.253 e. The second kappa shape index (κ2) is 10.3. The van der Waals surface area contributed by atoms with Gasteiger partial charge in [0.2, 0.25) is 10.0 Å². The minimum Gasteiger partial charge on any atom is -0.336 e. The molecule has 0 spiro atoms. The van der Waals surface area contributed by atoms with Gasteiger partial charge in [-0.05, 0) is 62.4 Å². The Balaban J connectivity index is 1.61. The topological polar surface area (TPSA) is 84.7 Å². The first-order valence-corrected chi connectivity index (χ1v) is 12.3. The van der Waals surface area contributed by atoms with Gasteiger partial charge in [-0.3, -0.25) is 9.69 Å². The summed E-state index contributed by atoms with van der Waals surface area (Å²) in [6, 6.07) is 16.0. The number of nitriles is 1. The Labute approximate surface area is 190 Å². The van der Waals surface area contributed by atoms with Crippen molar-refractivity contribution >= 4 is 15.9 Å². The smallest absolute Gasteiger partial charge is 0.253 e. The van der Waals surface area contributed by atoms with Crippen LogP contribution in [0.15, 0.2) is 53.4 Å². The summed E-state index contributed by atoms with van der Waals surface area (Å²) in [4.78, 5) is 17.1. The molecule has 1 aliphatic rings. The number of hydrogen-bond donors (Lipinski definition) is 0. The van der Waals surface area contributed by atoms with Crippen molar-refractivity contribution in [3.05, 3.63) is 65.2 Å². The highest BCUT2D eigenvalue weighted by atomic mass is 32.2. The van der Waals surface area contributed by atoms with Crippen LogP contribution in [0.5, 0.6) is 0 Å². The molecule has 0 atom stereocenters. The number of sulfonamides is 1. The van der Waals surface area contributed by atoms with Gasteiger partial charge in [0.25, 0.3) is 5.91 Å². The monoisotopic (exact) mass is 454 g/mol. The molecule has 170 valence electrons. The van der Waals surface area contributed by atoms with Gasteiger partial charge in [-0.2, -0.15) is 9.57 Å². The molecule has 8 heteroatoms. The molecule has 1 fully saturated rings. The van der Waals surface area contributed by atoms with Gasteiger partial charge in [0.1, 0.15) is 0 Å². The molecule has 2 aromatic carbocycles. The maximum absolute atomic E-state index is 12.9. The number of carbonyl (C=O) groups is 1. The Morgan fingerprint density at radius 1 is 1.03 bits per heavy atom. The summed E-state index contributed by atoms with van der Waals surface area (Å²) >= 11 is 0. The Hall–Kier alpha value is -2.73. The largest absolute Gasteiger partial charge is 0.336 e. The van der Waals surface area contributed by atoms with E-state index in [4.69, 9.17) is 5.26 Å². The Morgan fingerprint density at radius 2 is 1.62 bits per heavy atom. The minimum absolute atomic E-state index is 0.0804. The number of rotatable bonds is 7. The van der Waals surface area contributed by atoms with E-state index in [-0.39, 0.29) is 23.9 Å². The zero-order valence-electron chi connectivity index (χ0n) is 18.9. The van der Waals surface area contributed by atoms with Crippen LogP contribution in [0.2, 0.25) is 0 Å². The minimum atomic E-state index is -3.65. The first kappa shape index (κ1) is 23.9. The van der Waals surface area contributed by atoms with Crippen LogP contribution in [-0.4, -0.2) is 67.2 Å². The summed E-state index contributed by atoms with van der Waals surface area (Å²) in [7, 11) is -3.65. The molecule has 1 amide bonds. The van der Waals surface area contributed by atoms with E-state index in [0.29, 0.717) is 30.3 Å². The maximum atomic E-state index is 12.9. The van der Waals surface area contributed by atoms with E-state index in [1.807, 2.05) is 30.3 Å². The molecule has 1 saturated heterocycles. The first-order valence-electron chi connectivity index (χ1n) is 10.9. The zero-order chi connectivity index (χ0) is 23.3. The van der Waals surface area contributed by atoms with Crippen LogP contribution in [-0.2, 0) is 16.6 Å². The van der Waals surface area contributed by atoms with Crippen LogP contribution in [0.3, 0.4) is 0 Å². The molecule has 0 aromatic heterocycles. The number of carbonyl (C=O) groups excluding carboxylic acids is 1. The van der Waals surface area contributed by atoms with Gasteiger partial charge in [0, 0.05) is 44.3 Å². The van der Waals surface area contributed by atoms with Gasteiger partial charge in [0.15, 0.2) is 0 Å². The third kappa shape index (κ3) is 5.36. The fourth-order valence-corrected chi connectivity index (χ4v) is 5.23.